The molecule has 2 N–H and O–H groups in total. The molecule has 2 aliphatic rings. The summed E-state index contributed by atoms with van der Waals surface area (Å²) in [5.74, 6) is 1.13. The number of nitrogens with one attached hydrogen (secondary N) is 2. The number of hydrogen-bond acceptors (Lipinski definition) is 9. The Bertz CT molecular complexity index is 1440. The second kappa shape index (κ2) is 12.6. The standard InChI is InChI=1S/C30H39N7O4/c1-6-19(3)16-37(14-12-31-25(38)7-2)28-27-29(34-30(33-28)40-17-21-9-8-13-36(21)5)41-24(18-39-27)26-20(4)10-11-23-22(26)15-32-35-23/h6-7,10-11,15,21,24H,2,8-9,12-14,16-18H2,1,3-5H3,(H,31,38)(H,32,35)/b19-6-/t21-,24?/m0/s1. The van der Waals surface area contributed by atoms with Gasteiger partial charge in [0, 0.05) is 36.6 Å². The normalized spacial score (nSPS) is 18.9. The molecular weight excluding hydrogens is 522 g/mol. The third-order valence-corrected chi connectivity index (χ3v) is 7.81. The van der Waals surface area contributed by atoms with Crippen LogP contribution >= 0.6 is 0 Å². The minimum Gasteiger partial charge on any atom is -0.481 e. The SMILES string of the molecule is C=CC(=O)NCCN(C/C(C)=C\C)c1nc(OC[C@@H]2CCCN2C)nc2c1OCC(c1c(C)ccc3[nH]ncc13)O2. The Kier molecular flexibility index (Phi) is 8.72. The van der Waals surface area contributed by atoms with Gasteiger partial charge in [-0.2, -0.15) is 15.1 Å². The van der Waals surface area contributed by atoms with Crippen molar-refractivity contribution in [3.63, 3.8) is 0 Å². The Balaban J connectivity index is 1.50. The molecule has 1 aromatic carbocycles. The van der Waals surface area contributed by atoms with Gasteiger partial charge in [0.05, 0.1) is 11.7 Å². The molecule has 4 heterocycles. The van der Waals surface area contributed by atoms with Crippen LogP contribution in [0.1, 0.15) is 43.9 Å². The van der Waals surface area contributed by atoms with Crippen LogP contribution in [-0.2, 0) is 4.79 Å². The van der Waals surface area contributed by atoms with Gasteiger partial charge in [-0.15, -0.1) is 0 Å². The first kappa shape index (κ1) is 28.4. The zero-order chi connectivity index (χ0) is 28.9. The molecule has 2 atom stereocenters. The summed E-state index contributed by atoms with van der Waals surface area (Å²) >= 11 is 0. The lowest BCUT2D eigenvalue weighted by Gasteiger charge is -2.32. The summed E-state index contributed by atoms with van der Waals surface area (Å²) < 4.78 is 19.1. The van der Waals surface area contributed by atoms with E-state index in [0.29, 0.717) is 49.7 Å². The third-order valence-electron chi connectivity index (χ3n) is 7.81. The number of likely N-dealkylation sites (N-methyl/N-ethyl adjacent to an activating group) is 1. The number of H-pyrrole nitrogens is 1. The maximum absolute atomic E-state index is 11.8. The molecule has 3 aromatic rings. The van der Waals surface area contributed by atoms with Crippen molar-refractivity contribution in [1.82, 2.24) is 30.4 Å². The fraction of sp³-hybridized carbons (Fsp3) is 0.467. The smallest absolute Gasteiger partial charge is 0.322 e. The fourth-order valence-electron chi connectivity index (χ4n) is 5.33. The van der Waals surface area contributed by atoms with E-state index >= 15 is 0 Å². The Morgan fingerprint density at radius 3 is 2.98 bits per heavy atom. The second-order valence-electron chi connectivity index (χ2n) is 10.6. The maximum Gasteiger partial charge on any atom is 0.322 e. The molecule has 1 unspecified atom stereocenters. The molecule has 41 heavy (non-hydrogen) atoms. The van der Waals surface area contributed by atoms with Gasteiger partial charge in [0.25, 0.3) is 5.88 Å². The number of hydrogen-bond donors (Lipinski definition) is 2. The van der Waals surface area contributed by atoms with Crippen molar-refractivity contribution in [2.45, 2.75) is 45.8 Å². The molecule has 0 saturated carbocycles. The molecule has 0 spiro atoms. The van der Waals surface area contributed by atoms with Gasteiger partial charge in [-0.25, -0.2) is 0 Å². The predicted octanol–water partition coefficient (Wildman–Crippen LogP) is 3.72. The van der Waals surface area contributed by atoms with E-state index in [4.69, 9.17) is 19.2 Å². The molecule has 1 amide bonds. The third kappa shape index (κ3) is 6.30. The van der Waals surface area contributed by atoms with E-state index in [9.17, 15) is 4.79 Å². The van der Waals surface area contributed by atoms with Crippen LogP contribution in [0.5, 0.6) is 17.6 Å². The maximum atomic E-state index is 11.8. The van der Waals surface area contributed by atoms with Crippen LogP contribution in [0.25, 0.3) is 10.9 Å². The topological polar surface area (TPSA) is 118 Å². The largest absolute Gasteiger partial charge is 0.481 e. The van der Waals surface area contributed by atoms with E-state index in [1.807, 2.05) is 25.3 Å². The number of rotatable bonds is 11. The zero-order valence-corrected chi connectivity index (χ0v) is 24.3. The number of likely N-dealkylation sites (tertiary alicyclic amines) is 1. The number of anilines is 1. The molecule has 5 rings (SSSR count). The first-order valence-electron chi connectivity index (χ1n) is 14.1. The first-order chi connectivity index (χ1) is 19.9. The number of aromatic nitrogens is 4. The average Bonchev–Trinajstić information content (AvgIpc) is 3.63. The van der Waals surface area contributed by atoms with Crippen LogP contribution < -0.4 is 24.4 Å². The van der Waals surface area contributed by atoms with Crippen molar-refractivity contribution < 1.29 is 19.0 Å². The van der Waals surface area contributed by atoms with Gasteiger partial charge in [-0.05, 0) is 64.9 Å². The van der Waals surface area contributed by atoms with Crippen molar-refractivity contribution in [1.29, 1.82) is 0 Å². The predicted molar refractivity (Wildman–Crippen MR) is 158 cm³/mol. The molecule has 218 valence electrons. The number of allylic oxidation sites excluding steroid dienone is 1. The highest BCUT2D eigenvalue weighted by Crippen LogP contribution is 2.43. The number of ether oxygens (including phenoxy) is 3. The van der Waals surface area contributed by atoms with Gasteiger partial charge < -0.3 is 29.3 Å². The van der Waals surface area contributed by atoms with E-state index in [2.05, 4.69) is 63.8 Å². The molecule has 0 bridgehead atoms. The highest BCUT2D eigenvalue weighted by molar-refractivity contribution is 5.86. The van der Waals surface area contributed by atoms with Crippen molar-refractivity contribution in [3.8, 4) is 17.6 Å². The number of aryl methyl sites for hydroxylation is 1. The molecule has 0 radical (unpaired) electrons. The summed E-state index contributed by atoms with van der Waals surface area (Å²) in [5, 5.41) is 11.1. The summed E-state index contributed by atoms with van der Waals surface area (Å²) in [6.45, 7) is 12.9. The second-order valence-corrected chi connectivity index (χ2v) is 10.6. The van der Waals surface area contributed by atoms with Gasteiger partial charge in [0.1, 0.15) is 13.2 Å². The highest BCUT2D eigenvalue weighted by atomic mass is 16.6. The molecular formula is C30H39N7O4. The molecule has 1 fully saturated rings. The van der Waals surface area contributed by atoms with E-state index in [1.165, 1.54) is 6.08 Å². The molecule has 11 nitrogen and oxygen atoms in total. The van der Waals surface area contributed by atoms with Crippen LogP contribution in [-0.4, -0.2) is 83.5 Å². The monoisotopic (exact) mass is 561 g/mol. The Morgan fingerprint density at radius 1 is 1.37 bits per heavy atom. The molecule has 2 aromatic heterocycles. The quantitative estimate of drug-likeness (QED) is 0.267. The molecule has 1 saturated heterocycles. The van der Waals surface area contributed by atoms with Gasteiger partial charge in [0.15, 0.2) is 11.9 Å². The van der Waals surface area contributed by atoms with Crippen LogP contribution in [0.15, 0.2) is 42.6 Å². The van der Waals surface area contributed by atoms with E-state index in [-0.39, 0.29) is 18.5 Å². The van der Waals surface area contributed by atoms with Crippen LogP contribution in [0.3, 0.4) is 0 Å². The number of carbonyl (C=O) groups is 1. The summed E-state index contributed by atoms with van der Waals surface area (Å²) in [4.78, 5) is 25.7. The van der Waals surface area contributed by atoms with Gasteiger partial charge >= 0.3 is 6.01 Å². The number of amides is 1. The lowest BCUT2D eigenvalue weighted by atomic mass is 9.99. The number of nitrogens with zero attached hydrogens (tertiary/aromatic N) is 5. The fourth-order valence-corrected chi connectivity index (χ4v) is 5.33. The van der Waals surface area contributed by atoms with E-state index in [0.717, 1.165) is 47.0 Å². The van der Waals surface area contributed by atoms with E-state index < -0.39 is 6.10 Å². The van der Waals surface area contributed by atoms with E-state index in [1.54, 1.807) is 0 Å². The minimum absolute atomic E-state index is 0.228. The number of carbonyl (C=O) groups excluding carboxylic acids is 1. The van der Waals surface area contributed by atoms with Crippen LogP contribution in [0, 0.1) is 6.92 Å². The minimum atomic E-state index is -0.391. The van der Waals surface area contributed by atoms with Crippen molar-refractivity contribution in [2.75, 3.05) is 51.3 Å². The summed E-state index contributed by atoms with van der Waals surface area (Å²) in [5.41, 5.74) is 4.15. The average molecular weight is 562 g/mol. The van der Waals surface area contributed by atoms with Crippen molar-refractivity contribution in [2.24, 2.45) is 0 Å². The molecule has 0 aliphatic carbocycles. The Hall–Kier alpha value is -4.12. The highest BCUT2D eigenvalue weighted by Gasteiger charge is 2.33. The molecule has 11 heteroatoms. The lowest BCUT2D eigenvalue weighted by Crippen LogP contribution is -2.37. The van der Waals surface area contributed by atoms with Gasteiger partial charge in [-0.3, -0.25) is 9.89 Å². The Labute approximate surface area is 240 Å². The lowest BCUT2D eigenvalue weighted by molar-refractivity contribution is -0.116. The number of benzene rings is 1. The number of fused-ring (bicyclic) bond motifs is 2. The summed E-state index contributed by atoms with van der Waals surface area (Å²) in [6.07, 6.45) is 6.95. The zero-order valence-electron chi connectivity index (χ0n) is 24.3. The van der Waals surface area contributed by atoms with Crippen LogP contribution in [0.2, 0.25) is 0 Å². The van der Waals surface area contributed by atoms with Gasteiger partial charge in [-0.1, -0.05) is 24.3 Å². The van der Waals surface area contributed by atoms with Crippen LogP contribution in [0.4, 0.5) is 5.82 Å². The van der Waals surface area contributed by atoms with Gasteiger partial charge in [0.2, 0.25) is 11.7 Å². The molecule has 2 aliphatic heterocycles. The summed E-state index contributed by atoms with van der Waals surface area (Å²) in [7, 11) is 2.11. The van der Waals surface area contributed by atoms with Crippen molar-refractivity contribution >= 4 is 22.6 Å². The Morgan fingerprint density at radius 2 is 2.22 bits per heavy atom. The first-order valence-corrected chi connectivity index (χ1v) is 14.1. The number of aromatic amines is 1. The summed E-state index contributed by atoms with van der Waals surface area (Å²) in [6, 6.07) is 4.60. The van der Waals surface area contributed by atoms with Crippen molar-refractivity contribution in [3.05, 3.63) is 53.8 Å².